The van der Waals surface area contributed by atoms with Crippen LogP contribution in [0.1, 0.15) is 23.5 Å². The van der Waals surface area contributed by atoms with Crippen molar-refractivity contribution in [2.24, 2.45) is 0 Å². The zero-order valence-corrected chi connectivity index (χ0v) is 12.6. The van der Waals surface area contributed by atoms with E-state index in [4.69, 9.17) is 4.74 Å². The Morgan fingerprint density at radius 3 is 2.95 bits per heavy atom. The number of ether oxygens (including phenoxy) is 1. The van der Waals surface area contributed by atoms with Crippen LogP contribution in [0.3, 0.4) is 0 Å². The molecule has 2 rings (SSSR count). The lowest BCUT2D eigenvalue weighted by atomic mass is 10.2. The van der Waals surface area contributed by atoms with Gasteiger partial charge in [-0.2, -0.15) is 0 Å². The number of thiazole rings is 1. The molecule has 0 bridgehead atoms. The number of rotatable bonds is 8. The predicted molar refractivity (Wildman–Crippen MR) is 80.6 cm³/mol. The van der Waals surface area contributed by atoms with Crippen LogP contribution >= 0.6 is 11.3 Å². The summed E-state index contributed by atoms with van der Waals surface area (Å²) in [7, 11) is 0. The molecule has 21 heavy (non-hydrogen) atoms. The SMILES string of the molecule is CC(NCC(O)COCc1ccccc1F)c1nccs1. The number of halogens is 1. The van der Waals surface area contributed by atoms with E-state index in [0.717, 1.165) is 5.01 Å². The van der Waals surface area contributed by atoms with Crippen LogP contribution in [0.2, 0.25) is 0 Å². The van der Waals surface area contributed by atoms with E-state index < -0.39 is 6.10 Å². The molecule has 2 N–H and O–H groups in total. The monoisotopic (exact) mass is 310 g/mol. The Hall–Kier alpha value is -1.34. The van der Waals surface area contributed by atoms with Crippen molar-refractivity contribution in [1.82, 2.24) is 10.3 Å². The van der Waals surface area contributed by atoms with Crippen molar-refractivity contribution in [3.8, 4) is 0 Å². The van der Waals surface area contributed by atoms with Crippen molar-refractivity contribution in [2.45, 2.75) is 25.7 Å². The van der Waals surface area contributed by atoms with Gasteiger partial charge in [-0.3, -0.25) is 0 Å². The minimum Gasteiger partial charge on any atom is -0.389 e. The highest BCUT2D eigenvalue weighted by molar-refractivity contribution is 7.09. The molecule has 2 atom stereocenters. The van der Waals surface area contributed by atoms with E-state index in [0.29, 0.717) is 12.1 Å². The Morgan fingerprint density at radius 1 is 1.43 bits per heavy atom. The Kier molecular flexibility index (Phi) is 6.25. The van der Waals surface area contributed by atoms with Gasteiger partial charge < -0.3 is 15.2 Å². The molecule has 1 aromatic heterocycles. The molecule has 0 fully saturated rings. The van der Waals surface area contributed by atoms with Crippen LogP contribution in [-0.2, 0) is 11.3 Å². The van der Waals surface area contributed by atoms with Gasteiger partial charge in [-0.05, 0) is 13.0 Å². The normalized spacial score (nSPS) is 14.0. The molecule has 6 heteroatoms. The van der Waals surface area contributed by atoms with Gasteiger partial charge in [-0.25, -0.2) is 9.37 Å². The molecule has 0 saturated carbocycles. The number of nitrogens with one attached hydrogen (secondary N) is 1. The molecule has 1 aromatic carbocycles. The second kappa shape index (κ2) is 8.19. The average Bonchev–Trinajstić information content (AvgIpc) is 3.01. The van der Waals surface area contributed by atoms with Crippen molar-refractivity contribution >= 4 is 11.3 Å². The second-order valence-electron chi connectivity index (χ2n) is 4.76. The van der Waals surface area contributed by atoms with E-state index in [2.05, 4.69) is 10.3 Å². The van der Waals surface area contributed by atoms with E-state index in [1.807, 2.05) is 12.3 Å². The summed E-state index contributed by atoms with van der Waals surface area (Å²) < 4.78 is 18.7. The lowest BCUT2D eigenvalue weighted by Crippen LogP contribution is -2.32. The summed E-state index contributed by atoms with van der Waals surface area (Å²) in [5.74, 6) is -0.289. The van der Waals surface area contributed by atoms with Crippen LogP contribution in [0.5, 0.6) is 0 Å². The van der Waals surface area contributed by atoms with E-state index in [-0.39, 0.29) is 25.1 Å². The largest absolute Gasteiger partial charge is 0.389 e. The fourth-order valence-corrected chi connectivity index (χ4v) is 2.50. The molecule has 2 aromatic rings. The van der Waals surface area contributed by atoms with E-state index in [1.165, 1.54) is 6.07 Å². The van der Waals surface area contributed by atoms with Crippen molar-refractivity contribution in [1.29, 1.82) is 0 Å². The van der Waals surface area contributed by atoms with Gasteiger partial charge in [0.1, 0.15) is 10.8 Å². The van der Waals surface area contributed by atoms with Gasteiger partial charge in [0, 0.05) is 23.7 Å². The van der Waals surface area contributed by atoms with Gasteiger partial charge in [0.15, 0.2) is 0 Å². The molecule has 1 heterocycles. The summed E-state index contributed by atoms with van der Waals surface area (Å²) in [5.41, 5.74) is 0.494. The molecule has 0 saturated heterocycles. The number of aromatic nitrogens is 1. The van der Waals surface area contributed by atoms with E-state index >= 15 is 0 Å². The molecular weight excluding hydrogens is 291 g/mol. The summed E-state index contributed by atoms with van der Waals surface area (Å²) >= 11 is 1.57. The molecule has 0 aliphatic rings. The summed E-state index contributed by atoms with van der Waals surface area (Å²) in [6, 6.07) is 6.55. The van der Waals surface area contributed by atoms with Gasteiger partial charge in [0.2, 0.25) is 0 Å². The first-order valence-electron chi connectivity index (χ1n) is 6.79. The third-order valence-corrected chi connectivity index (χ3v) is 3.97. The third-order valence-electron chi connectivity index (χ3n) is 3.01. The average molecular weight is 310 g/mol. The Morgan fingerprint density at radius 2 is 2.24 bits per heavy atom. The van der Waals surface area contributed by atoms with Crippen molar-refractivity contribution in [3.63, 3.8) is 0 Å². The second-order valence-corrected chi connectivity index (χ2v) is 5.69. The van der Waals surface area contributed by atoms with Crippen LogP contribution in [0.15, 0.2) is 35.8 Å². The first kappa shape index (κ1) is 16.0. The molecule has 0 aliphatic heterocycles. The molecule has 114 valence electrons. The highest BCUT2D eigenvalue weighted by Gasteiger charge is 2.11. The summed E-state index contributed by atoms with van der Waals surface area (Å²) in [6.45, 7) is 2.71. The van der Waals surface area contributed by atoms with Crippen molar-refractivity contribution in [2.75, 3.05) is 13.2 Å². The molecule has 0 radical (unpaired) electrons. The predicted octanol–water partition coefficient (Wildman–Crippen LogP) is 2.51. The third kappa shape index (κ3) is 5.17. The maximum absolute atomic E-state index is 13.4. The van der Waals surface area contributed by atoms with Gasteiger partial charge in [0.05, 0.1) is 25.4 Å². The molecule has 0 spiro atoms. The number of hydrogen-bond donors (Lipinski definition) is 2. The van der Waals surface area contributed by atoms with Crippen LogP contribution in [-0.4, -0.2) is 29.3 Å². The smallest absolute Gasteiger partial charge is 0.128 e. The summed E-state index contributed by atoms with van der Waals surface area (Å²) in [4.78, 5) is 4.21. The molecule has 4 nitrogen and oxygen atoms in total. The Labute approximate surface area is 127 Å². The quantitative estimate of drug-likeness (QED) is 0.786. The first-order chi connectivity index (χ1) is 10.2. The van der Waals surface area contributed by atoms with Crippen molar-refractivity contribution < 1.29 is 14.2 Å². The number of aliphatic hydroxyl groups excluding tert-OH is 1. The lowest BCUT2D eigenvalue weighted by molar-refractivity contribution is 0.0268. The number of benzene rings is 1. The fourth-order valence-electron chi connectivity index (χ4n) is 1.83. The van der Waals surface area contributed by atoms with Gasteiger partial charge in [-0.15, -0.1) is 11.3 Å². The minimum atomic E-state index is -0.640. The minimum absolute atomic E-state index is 0.0891. The molecular formula is C15H19FN2O2S. The zero-order chi connectivity index (χ0) is 15.1. The Balaban J connectivity index is 1.66. The van der Waals surface area contributed by atoms with Crippen LogP contribution in [0.4, 0.5) is 4.39 Å². The van der Waals surface area contributed by atoms with Crippen LogP contribution in [0, 0.1) is 5.82 Å². The fraction of sp³-hybridized carbons (Fsp3) is 0.400. The maximum Gasteiger partial charge on any atom is 0.128 e. The number of aliphatic hydroxyl groups is 1. The van der Waals surface area contributed by atoms with Gasteiger partial charge in [-0.1, -0.05) is 18.2 Å². The van der Waals surface area contributed by atoms with Gasteiger partial charge in [0.25, 0.3) is 0 Å². The molecule has 2 unspecified atom stereocenters. The van der Waals surface area contributed by atoms with Gasteiger partial charge >= 0.3 is 0 Å². The highest BCUT2D eigenvalue weighted by Crippen LogP contribution is 2.14. The molecule has 0 aliphatic carbocycles. The standard InChI is InChI=1S/C15H19FN2O2S/c1-11(15-17-6-7-21-15)18-8-13(19)10-20-9-12-4-2-3-5-14(12)16/h2-7,11,13,18-19H,8-10H2,1H3. The lowest BCUT2D eigenvalue weighted by Gasteiger charge is -2.15. The van der Waals surface area contributed by atoms with Crippen molar-refractivity contribution in [3.05, 3.63) is 52.2 Å². The topological polar surface area (TPSA) is 54.4 Å². The Bertz CT molecular complexity index is 536. The first-order valence-corrected chi connectivity index (χ1v) is 7.66. The van der Waals surface area contributed by atoms with E-state index in [1.54, 1.807) is 35.7 Å². The number of hydrogen-bond acceptors (Lipinski definition) is 5. The zero-order valence-electron chi connectivity index (χ0n) is 11.8. The summed E-state index contributed by atoms with van der Waals surface area (Å²) in [5, 5.41) is 15.9. The summed E-state index contributed by atoms with van der Waals surface area (Å²) in [6.07, 6.45) is 1.12. The highest BCUT2D eigenvalue weighted by atomic mass is 32.1. The molecule has 0 amide bonds. The van der Waals surface area contributed by atoms with E-state index in [9.17, 15) is 9.50 Å². The van der Waals surface area contributed by atoms with Crippen LogP contribution < -0.4 is 5.32 Å². The maximum atomic E-state index is 13.4. The van der Waals surface area contributed by atoms with Crippen LogP contribution in [0.25, 0.3) is 0 Å². The number of nitrogens with zero attached hydrogens (tertiary/aromatic N) is 1.